The van der Waals surface area contributed by atoms with E-state index >= 15 is 0 Å². The molecule has 0 aliphatic carbocycles. The monoisotopic (exact) mass is 219 g/mol. The molecule has 1 aliphatic heterocycles. The highest BCUT2D eigenvalue weighted by molar-refractivity contribution is 5.49. The Morgan fingerprint density at radius 2 is 1.94 bits per heavy atom. The van der Waals surface area contributed by atoms with E-state index < -0.39 is 0 Å². The smallest absolute Gasteiger partial charge is 0.184 e. The second-order valence-corrected chi connectivity index (χ2v) is 3.70. The summed E-state index contributed by atoms with van der Waals surface area (Å²) < 4.78 is 10.9. The van der Waals surface area contributed by atoms with Gasteiger partial charge in [0, 0.05) is 12.1 Å². The third kappa shape index (κ3) is 2.92. The van der Waals surface area contributed by atoms with E-state index in [0.29, 0.717) is 13.2 Å². The zero-order valence-corrected chi connectivity index (χ0v) is 9.48. The lowest BCUT2D eigenvalue weighted by Crippen LogP contribution is -2.03. The van der Waals surface area contributed by atoms with Crippen molar-refractivity contribution in [3.8, 4) is 0 Å². The molecule has 0 bridgehead atoms. The van der Waals surface area contributed by atoms with E-state index in [0.717, 1.165) is 12.1 Å². The van der Waals surface area contributed by atoms with Crippen LogP contribution in [0.5, 0.6) is 0 Å². The van der Waals surface area contributed by atoms with Gasteiger partial charge in [-0.05, 0) is 12.6 Å². The molecule has 1 aromatic rings. The number of benzene rings is 1. The molecule has 1 saturated heterocycles. The Morgan fingerprint density at radius 3 is 2.56 bits per heavy atom. The zero-order chi connectivity index (χ0) is 11.2. The van der Waals surface area contributed by atoms with Gasteiger partial charge in [-0.25, -0.2) is 0 Å². The van der Waals surface area contributed by atoms with Crippen molar-refractivity contribution in [3.63, 3.8) is 0 Å². The van der Waals surface area contributed by atoms with Crippen LogP contribution >= 0.6 is 0 Å². The predicted octanol–water partition coefficient (Wildman–Crippen LogP) is 1.96. The van der Waals surface area contributed by atoms with E-state index in [-0.39, 0.29) is 6.29 Å². The summed E-state index contributed by atoms with van der Waals surface area (Å²) >= 11 is 0. The molecule has 1 fully saturated rings. The first-order chi connectivity index (χ1) is 7.90. The molecule has 1 aromatic carbocycles. The van der Waals surface area contributed by atoms with Crippen LogP contribution in [0.2, 0.25) is 0 Å². The number of nitrogens with one attached hydrogen (secondary N) is 1. The number of likely N-dealkylation sites (N-methyl/N-ethyl adjacent to an activating group) is 1. The summed E-state index contributed by atoms with van der Waals surface area (Å²) in [5.74, 6) is 0. The summed E-state index contributed by atoms with van der Waals surface area (Å²) in [6.45, 7) is 2.26. The van der Waals surface area contributed by atoms with Crippen LogP contribution in [0.3, 0.4) is 0 Å². The average Bonchev–Trinajstić information content (AvgIpc) is 2.84. The molecule has 3 nitrogen and oxygen atoms in total. The van der Waals surface area contributed by atoms with Gasteiger partial charge >= 0.3 is 0 Å². The first-order valence-corrected chi connectivity index (χ1v) is 5.54. The van der Waals surface area contributed by atoms with Crippen molar-refractivity contribution in [3.05, 3.63) is 41.5 Å². The maximum Gasteiger partial charge on any atom is 0.184 e. The maximum absolute atomic E-state index is 5.43. The first kappa shape index (κ1) is 11.3. The maximum atomic E-state index is 5.43. The molecule has 0 unspecified atom stereocenters. The topological polar surface area (TPSA) is 30.5 Å². The molecule has 1 aliphatic rings. The van der Waals surface area contributed by atoms with Crippen LogP contribution in [0, 0.1) is 0 Å². The van der Waals surface area contributed by atoms with E-state index in [4.69, 9.17) is 9.47 Å². The van der Waals surface area contributed by atoms with Crippen LogP contribution in [0.4, 0.5) is 0 Å². The number of rotatable bonds is 4. The van der Waals surface area contributed by atoms with Gasteiger partial charge < -0.3 is 14.8 Å². The normalized spacial score (nSPS) is 17.3. The molecular formula is C13H17NO2. The van der Waals surface area contributed by atoms with E-state index in [1.807, 2.05) is 7.05 Å². The minimum atomic E-state index is -0.171. The van der Waals surface area contributed by atoms with Crippen molar-refractivity contribution >= 4 is 6.08 Å². The molecule has 86 valence electrons. The molecular weight excluding hydrogens is 202 g/mol. The van der Waals surface area contributed by atoms with E-state index in [2.05, 4.69) is 41.7 Å². The average molecular weight is 219 g/mol. The van der Waals surface area contributed by atoms with Crippen molar-refractivity contribution in [2.45, 2.75) is 6.29 Å². The number of hydrogen-bond acceptors (Lipinski definition) is 3. The Hall–Kier alpha value is -1.16. The third-order valence-corrected chi connectivity index (χ3v) is 2.46. The van der Waals surface area contributed by atoms with Gasteiger partial charge in [-0.1, -0.05) is 36.4 Å². The summed E-state index contributed by atoms with van der Waals surface area (Å²) in [5, 5.41) is 3.07. The lowest BCUT2D eigenvalue weighted by Gasteiger charge is -2.08. The van der Waals surface area contributed by atoms with Crippen LogP contribution in [0.1, 0.15) is 17.4 Å². The van der Waals surface area contributed by atoms with Gasteiger partial charge in [0.15, 0.2) is 6.29 Å². The molecule has 0 atom stereocenters. The molecule has 2 rings (SSSR count). The van der Waals surface area contributed by atoms with Crippen molar-refractivity contribution in [2.75, 3.05) is 26.8 Å². The SMILES string of the molecule is CNCC=Cc1ccc(C2OCCO2)cc1. The lowest BCUT2D eigenvalue weighted by atomic mass is 10.1. The fraction of sp³-hybridized carbons (Fsp3) is 0.385. The number of ether oxygens (including phenoxy) is 2. The summed E-state index contributed by atoms with van der Waals surface area (Å²) in [5.41, 5.74) is 2.28. The first-order valence-electron chi connectivity index (χ1n) is 5.54. The van der Waals surface area contributed by atoms with Gasteiger partial charge in [0.05, 0.1) is 13.2 Å². The second kappa shape index (κ2) is 5.80. The van der Waals surface area contributed by atoms with Crippen molar-refractivity contribution in [1.82, 2.24) is 5.32 Å². The fourth-order valence-electron chi connectivity index (χ4n) is 1.63. The van der Waals surface area contributed by atoms with Crippen LogP contribution in [0.25, 0.3) is 6.08 Å². The minimum absolute atomic E-state index is 0.171. The largest absolute Gasteiger partial charge is 0.346 e. The Morgan fingerprint density at radius 1 is 1.25 bits per heavy atom. The molecule has 3 heteroatoms. The molecule has 1 N–H and O–H groups in total. The molecule has 0 saturated carbocycles. The predicted molar refractivity (Wildman–Crippen MR) is 64.0 cm³/mol. The van der Waals surface area contributed by atoms with Crippen LogP contribution in [0.15, 0.2) is 30.3 Å². The third-order valence-electron chi connectivity index (χ3n) is 2.46. The highest BCUT2D eigenvalue weighted by Gasteiger charge is 2.17. The molecule has 0 aromatic heterocycles. The summed E-state index contributed by atoms with van der Waals surface area (Å²) in [4.78, 5) is 0. The van der Waals surface area contributed by atoms with E-state index in [9.17, 15) is 0 Å². The van der Waals surface area contributed by atoms with Crippen LogP contribution < -0.4 is 5.32 Å². The molecule has 0 spiro atoms. The van der Waals surface area contributed by atoms with Gasteiger partial charge in [0.1, 0.15) is 0 Å². The van der Waals surface area contributed by atoms with Gasteiger partial charge in [-0.15, -0.1) is 0 Å². The Bertz CT molecular complexity index is 339. The lowest BCUT2D eigenvalue weighted by molar-refractivity contribution is -0.0441. The van der Waals surface area contributed by atoms with E-state index in [1.165, 1.54) is 5.56 Å². The van der Waals surface area contributed by atoms with Crippen molar-refractivity contribution < 1.29 is 9.47 Å². The second-order valence-electron chi connectivity index (χ2n) is 3.70. The summed E-state index contributed by atoms with van der Waals surface area (Å²) in [7, 11) is 1.93. The summed E-state index contributed by atoms with van der Waals surface area (Å²) in [6.07, 6.45) is 4.02. The molecule has 0 radical (unpaired) electrons. The highest BCUT2D eigenvalue weighted by Crippen LogP contribution is 2.23. The van der Waals surface area contributed by atoms with Crippen LogP contribution in [-0.2, 0) is 9.47 Å². The fourth-order valence-corrected chi connectivity index (χ4v) is 1.63. The van der Waals surface area contributed by atoms with Gasteiger partial charge in [-0.3, -0.25) is 0 Å². The van der Waals surface area contributed by atoms with Gasteiger partial charge in [0.2, 0.25) is 0 Å². The molecule has 0 amide bonds. The molecule has 1 heterocycles. The quantitative estimate of drug-likeness (QED) is 0.839. The summed E-state index contributed by atoms with van der Waals surface area (Å²) in [6, 6.07) is 8.25. The van der Waals surface area contributed by atoms with E-state index in [1.54, 1.807) is 0 Å². The van der Waals surface area contributed by atoms with Crippen molar-refractivity contribution in [2.24, 2.45) is 0 Å². The Balaban J connectivity index is 1.98. The Kier molecular flexibility index (Phi) is 4.10. The van der Waals surface area contributed by atoms with Gasteiger partial charge in [0.25, 0.3) is 0 Å². The number of hydrogen-bond donors (Lipinski definition) is 1. The minimum Gasteiger partial charge on any atom is -0.346 e. The standard InChI is InChI=1S/C13H17NO2/c1-14-8-2-3-11-4-6-12(7-5-11)13-15-9-10-16-13/h2-7,13-14H,8-10H2,1H3. The van der Waals surface area contributed by atoms with Gasteiger partial charge in [-0.2, -0.15) is 0 Å². The zero-order valence-electron chi connectivity index (χ0n) is 9.48. The molecule has 16 heavy (non-hydrogen) atoms. The highest BCUT2D eigenvalue weighted by atomic mass is 16.7. The van der Waals surface area contributed by atoms with Crippen LogP contribution in [-0.4, -0.2) is 26.8 Å². The van der Waals surface area contributed by atoms with Crippen molar-refractivity contribution in [1.29, 1.82) is 0 Å². The Labute approximate surface area is 96.1 Å².